The van der Waals surface area contributed by atoms with E-state index in [1.165, 1.54) is 11.8 Å². The first-order valence-corrected chi connectivity index (χ1v) is 5.32. The topological polar surface area (TPSA) is 33.0 Å². The Morgan fingerprint density at radius 2 is 2.07 bits per heavy atom. The van der Waals surface area contributed by atoms with Gasteiger partial charge in [-0.05, 0) is 30.0 Å². The van der Waals surface area contributed by atoms with Crippen LogP contribution in [0.3, 0.4) is 0 Å². The Morgan fingerprint density at radius 3 is 2.50 bits per heavy atom. The average molecular weight is 205 g/mol. The van der Waals surface area contributed by atoms with Crippen molar-refractivity contribution in [3.05, 3.63) is 34.7 Å². The van der Waals surface area contributed by atoms with E-state index in [9.17, 15) is 0 Å². The minimum atomic E-state index is 0.704. The Hall–Kier alpha value is -1.40. The molecule has 1 aromatic rings. The van der Waals surface area contributed by atoms with Crippen LogP contribution >= 0.6 is 11.8 Å². The second-order valence-electron chi connectivity index (χ2n) is 2.60. The number of hydrogen-bond acceptors (Lipinski definition) is 3. The van der Waals surface area contributed by atoms with Gasteiger partial charge < -0.3 is 4.74 Å². The Labute approximate surface area is 88.2 Å². The van der Waals surface area contributed by atoms with Crippen molar-refractivity contribution < 1.29 is 4.74 Å². The second kappa shape index (κ2) is 5.36. The van der Waals surface area contributed by atoms with E-state index in [1.807, 2.05) is 36.6 Å². The molecule has 0 saturated heterocycles. The van der Waals surface area contributed by atoms with Gasteiger partial charge in [0.1, 0.15) is 11.8 Å². The van der Waals surface area contributed by atoms with E-state index in [2.05, 4.69) is 6.07 Å². The monoisotopic (exact) mass is 205 g/mol. The van der Waals surface area contributed by atoms with Crippen LogP contribution < -0.4 is 4.74 Å². The molecular formula is C11H11NOS. The highest BCUT2D eigenvalue weighted by Gasteiger charge is 1.94. The first kappa shape index (κ1) is 10.7. The van der Waals surface area contributed by atoms with Crippen LogP contribution in [0.1, 0.15) is 5.56 Å². The standard InChI is InChI=1S/C11H11NOS/c1-13-10-5-3-9(4-6-10)7-11(8-12)14-2/h3-7H,1-2H3/b11-7-. The van der Waals surface area contributed by atoms with Gasteiger partial charge in [-0.15, -0.1) is 11.8 Å². The first-order chi connectivity index (χ1) is 6.80. The third kappa shape index (κ3) is 2.82. The lowest BCUT2D eigenvalue weighted by Crippen LogP contribution is -1.81. The SMILES string of the molecule is COc1ccc(/C=C(/C#N)SC)cc1. The zero-order valence-corrected chi connectivity index (χ0v) is 8.97. The van der Waals surface area contributed by atoms with Crippen LogP contribution in [0.2, 0.25) is 0 Å². The highest BCUT2D eigenvalue weighted by molar-refractivity contribution is 8.02. The van der Waals surface area contributed by atoms with Gasteiger partial charge in [0, 0.05) is 0 Å². The largest absolute Gasteiger partial charge is 0.497 e. The van der Waals surface area contributed by atoms with E-state index in [0.717, 1.165) is 11.3 Å². The number of benzene rings is 1. The number of ether oxygens (including phenoxy) is 1. The van der Waals surface area contributed by atoms with Crippen molar-refractivity contribution in [2.24, 2.45) is 0 Å². The normalized spacial score (nSPS) is 10.8. The summed E-state index contributed by atoms with van der Waals surface area (Å²) < 4.78 is 5.04. The van der Waals surface area contributed by atoms with Crippen LogP contribution in [-0.4, -0.2) is 13.4 Å². The van der Waals surface area contributed by atoms with E-state index in [4.69, 9.17) is 10.00 Å². The van der Waals surface area contributed by atoms with Gasteiger partial charge in [-0.2, -0.15) is 5.26 Å². The smallest absolute Gasteiger partial charge is 0.118 e. The molecule has 0 N–H and O–H groups in total. The fourth-order valence-electron chi connectivity index (χ4n) is 0.988. The number of allylic oxidation sites excluding steroid dienone is 1. The van der Waals surface area contributed by atoms with Crippen LogP contribution in [-0.2, 0) is 0 Å². The van der Waals surface area contributed by atoms with Crippen LogP contribution in [0.4, 0.5) is 0 Å². The number of nitriles is 1. The number of thioether (sulfide) groups is 1. The molecule has 3 heteroatoms. The predicted molar refractivity (Wildman–Crippen MR) is 60.1 cm³/mol. The molecule has 2 nitrogen and oxygen atoms in total. The van der Waals surface area contributed by atoms with Crippen LogP contribution in [0.15, 0.2) is 29.2 Å². The maximum atomic E-state index is 8.72. The van der Waals surface area contributed by atoms with Crippen molar-refractivity contribution in [1.29, 1.82) is 5.26 Å². The summed E-state index contributed by atoms with van der Waals surface area (Å²) in [4.78, 5) is 0.704. The van der Waals surface area contributed by atoms with Crippen LogP contribution in [0.25, 0.3) is 6.08 Å². The maximum absolute atomic E-state index is 8.72. The Kier molecular flexibility index (Phi) is 4.09. The predicted octanol–water partition coefficient (Wildman–Crippen LogP) is 2.92. The summed E-state index contributed by atoms with van der Waals surface area (Å²) in [5.74, 6) is 0.824. The average Bonchev–Trinajstić information content (AvgIpc) is 2.26. The molecule has 0 radical (unpaired) electrons. The Morgan fingerprint density at radius 1 is 1.43 bits per heavy atom. The van der Waals surface area contributed by atoms with E-state index < -0.39 is 0 Å². The molecule has 1 aromatic carbocycles. The van der Waals surface area contributed by atoms with Crippen molar-refractivity contribution in [2.45, 2.75) is 0 Å². The van der Waals surface area contributed by atoms with Gasteiger partial charge in [0.25, 0.3) is 0 Å². The summed E-state index contributed by atoms with van der Waals surface area (Å²) >= 11 is 1.44. The lowest BCUT2D eigenvalue weighted by atomic mass is 10.2. The van der Waals surface area contributed by atoms with E-state index in [0.29, 0.717) is 4.91 Å². The molecule has 1 rings (SSSR count). The molecular weight excluding hydrogens is 194 g/mol. The van der Waals surface area contributed by atoms with Gasteiger partial charge in [-0.25, -0.2) is 0 Å². The number of methoxy groups -OCH3 is 1. The molecule has 0 spiro atoms. The number of hydrogen-bond donors (Lipinski definition) is 0. The first-order valence-electron chi connectivity index (χ1n) is 4.10. The second-order valence-corrected chi connectivity index (χ2v) is 3.45. The molecule has 0 aliphatic heterocycles. The van der Waals surface area contributed by atoms with Gasteiger partial charge in [0.2, 0.25) is 0 Å². The van der Waals surface area contributed by atoms with Crippen molar-refractivity contribution in [3.8, 4) is 11.8 Å². The van der Waals surface area contributed by atoms with Crippen molar-refractivity contribution in [2.75, 3.05) is 13.4 Å². The Balaban J connectivity index is 2.88. The minimum absolute atomic E-state index is 0.704. The minimum Gasteiger partial charge on any atom is -0.497 e. The molecule has 0 saturated carbocycles. The zero-order chi connectivity index (χ0) is 10.4. The fraction of sp³-hybridized carbons (Fsp3) is 0.182. The number of nitrogens with zero attached hydrogens (tertiary/aromatic N) is 1. The summed E-state index contributed by atoms with van der Waals surface area (Å²) in [6.07, 6.45) is 3.74. The lowest BCUT2D eigenvalue weighted by Gasteiger charge is -1.99. The van der Waals surface area contributed by atoms with Crippen molar-refractivity contribution >= 4 is 17.8 Å². The molecule has 0 fully saturated rings. The molecule has 0 aliphatic rings. The molecule has 0 aliphatic carbocycles. The molecule has 0 atom stereocenters. The highest BCUT2D eigenvalue weighted by atomic mass is 32.2. The number of rotatable bonds is 3. The third-order valence-corrected chi connectivity index (χ3v) is 2.39. The molecule has 0 unspecified atom stereocenters. The summed E-state index contributed by atoms with van der Waals surface area (Å²) in [5, 5.41) is 8.72. The van der Waals surface area contributed by atoms with Gasteiger partial charge in [-0.3, -0.25) is 0 Å². The zero-order valence-electron chi connectivity index (χ0n) is 8.15. The van der Waals surface area contributed by atoms with Gasteiger partial charge in [0.05, 0.1) is 12.0 Å². The van der Waals surface area contributed by atoms with Gasteiger partial charge in [0.15, 0.2) is 0 Å². The summed E-state index contributed by atoms with van der Waals surface area (Å²) in [6.45, 7) is 0. The molecule has 0 bridgehead atoms. The van der Waals surface area contributed by atoms with Crippen molar-refractivity contribution in [3.63, 3.8) is 0 Å². The van der Waals surface area contributed by atoms with Crippen LogP contribution in [0, 0.1) is 11.3 Å². The van der Waals surface area contributed by atoms with E-state index in [1.54, 1.807) is 7.11 Å². The quantitative estimate of drug-likeness (QED) is 0.711. The Bertz CT molecular complexity index is 362. The third-order valence-electron chi connectivity index (χ3n) is 1.74. The van der Waals surface area contributed by atoms with Gasteiger partial charge >= 0.3 is 0 Å². The van der Waals surface area contributed by atoms with Crippen molar-refractivity contribution in [1.82, 2.24) is 0 Å². The molecule has 72 valence electrons. The van der Waals surface area contributed by atoms with Gasteiger partial charge in [-0.1, -0.05) is 12.1 Å². The van der Waals surface area contributed by atoms with Crippen LogP contribution in [0.5, 0.6) is 5.75 Å². The van der Waals surface area contributed by atoms with E-state index in [-0.39, 0.29) is 0 Å². The molecule has 0 heterocycles. The lowest BCUT2D eigenvalue weighted by molar-refractivity contribution is 0.415. The maximum Gasteiger partial charge on any atom is 0.118 e. The summed E-state index contributed by atoms with van der Waals surface area (Å²) in [5.41, 5.74) is 1.01. The summed E-state index contributed by atoms with van der Waals surface area (Å²) in [6, 6.07) is 9.72. The van der Waals surface area contributed by atoms with E-state index >= 15 is 0 Å². The fourth-order valence-corrected chi connectivity index (χ4v) is 1.33. The summed E-state index contributed by atoms with van der Waals surface area (Å²) in [7, 11) is 1.63. The molecule has 0 aromatic heterocycles. The molecule has 14 heavy (non-hydrogen) atoms. The highest BCUT2D eigenvalue weighted by Crippen LogP contribution is 2.17. The molecule has 0 amide bonds.